The fourth-order valence-corrected chi connectivity index (χ4v) is 1.79. The van der Waals surface area contributed by atoms with Crippen LogP contribution in [0.3, 0.4) is 0 Å². The summed E-state index contributed by atoms with van der Waals surface area (Å²) in [6.07, 6.45) is 2.55. The highest BCUT2D eigenvalue weighted by Crippen LogP contribution is 2.19. The Morgan fingerprint density at radius 2 is 2.08 bits per heavy atom. The summed E-state index contributed by atoms with van der Waals surface area (Å²) in [5.74, 6) is 0.270. The first-order valence-electron chi connectivity index (χ1n) is 4.38. The fraction of sp³-hybridized carbons (Fsp3) is 0.778. The van der Waals surface area contributed by atoms with Crippen molar-refractivity contribution < 1.29 is 9.59 Å². The smallest absolute Gasteiger partial charge is 0.219 e. The summed E-state index contributed by atoms with van der Waals surface area (Å²) in [6.45, 7) is 3.97. The second-order valence-corrected chi connectivity index (χ2v) is 3.41. The SMILES string of the molecule is CC(=O)C[C@@H]1CCCN1C(C)=O. The van der Waals surface area contributed by atoms with E-state index in [2.05, 4.69) is 0 Å². The Balaban J connectivity index is 2.52. The topological polar surface area (TPSA) is 37.4 Å². The third kappa shape index (κ3) is 2.06. The Morgan fingerprint density at radius 3 is 2.58 bits per heavy atom. The minimum atomic E-state index is 0.0961. The van der Waals surface area contributed by atoms with E-state index < -0.39 is 0 Å². The second kappa shape index (κ2) is 3.70. The molecule has 0 bridgehead atoms. The van der Waals surface area contributed by atoms with E-state index in [4.69, 9.17) is 0 Å². The molecule has 1 heterocycles. The van der Waals surface area contributed by atoms with Gasteiger partial charge < -0.3 is 4.90 Å². The number of carbonyl (C=O) groups excluding carboxylic acids is 2. The molecule has 1 atom stereocenters. The first-order valence-corrected chi connectivity index (χ1v) is 4.38. The highest BCUT2D eigenvalue weighted by molar-refractivity contribution is 5.78. The normalized spacial score (nSPS) is 22.8. The molecule has 0 aromatic heterocycles. The molecule has 12 heavy (non-hydrogen) atoms. The Hall–Kier alpha value is -0.860. The Kier molecular flexibility index (Phi) is 2.84. The number of nitrogens with zero attached hydrogens (tertiary/aromatic N) is 1. The molecule has 1 amide bonds. The van der Waals surface area contributed by atoms with E-state index >= 15 is 0 Å². The largest absolute Gasteiger partial charge is 0.340 e. The van der Waals surface area contributed by atoms with Crippen LogP contribution in [0.1, 0.15) is 33.1 Å². The van der Waals surface area contributed by atoms with Gasteiger partial charge in [0.05, 0.1) is 0 Å². The summed E-state index contributed by atoms with van der Waals surface area (Å²) in [5, 5.41) is 0. The third-order valence-electron chi connectivity index (χ3n) is 2.30. The third-order valence-corrected chi connectivity index (χ3v) is 2.30. The van der Waals surface area contributed by atoms with Crippen molar-refractivity contribution in [1.82, 2.24) is 4.90 Å². The predicted octanol–water partition coefficient (Wildman–Crippen LogP) is 0.976. The van der Waals surface area contributed by atoms with Gasteiger partial charge in [-0.15, -0.1) is 0 Å². The van der Waals surface area contributed by atoms with Crippen molar-refractivity contribution in [2.24, 2.45) is 0 Å². The van der Waals surface area contributed by atoms with Gasteiger partial charge in [-0.25, -0.2) is 0 Å². The molecule has 1 aliphatic heterocycles. The van der Waals surface area contributed by atoms with E-state index in [1.165, 1.54) is 0 Å². The van der Waals surface area contributed by atoms with E-state index in [0.717, 1.165) is 19.4 Å². The average Bonchev–Trinajstić information content (AvgIpc) is 2.33. The van der Waals surface area contributed by atoms with Crippen molar-refractivity contribution >= 4 is 11.7 Å². The molecule has 0 aromatic rings. The van der Waals surface area contributed by atoms with Crippen molar-refractivity contribution in [2.45, 2.75) is 39.2 Å². The highest BCUT2D eigenvalue weighted by Gasteiger charge is 2.26. The molecule has 0 radical (unpaired) electrons. The molecule has 0 N–H and O–H groups in total. The molecule has 1 fully saturated rings. The van der Waals surface area contributed by atoms with E-state index in [9.17, 15) is 9.59 Å². The van der Waals surface area contributed by atoms with Crippen molar-refractivity contribution in [3.05, 3.63) is 0 Å². The first-order chi connectivity index (χ1) is 5.61. The molecular weight excluding hydrogens is 154 g/mol. The lowest BCUT2D eigenvalue weighted by atomic mass is 10.1. The summed E-state index contributed by atoms with van der Waals surface area (Å²) in [6, 6.07) is 0.181. The van der Waals surface area contributed by atoms with E-state index in [-0.39, 0.29) is 17.7 Å². The molecule has 1 rings (SSSR count). The maximum atomic E-state index is 11.1. The van der Waals surface area contributed by atoms with Gasteiger partial charge in [-0.05, 0) is 19.8 Å². The maximum absolute atomic E-state index is 11.1. The molecule has 0 aliphatic carbocycles. The zero-order valence-electron chi connectivity index (χ0n) is 7.67. The summed E-state index contributed by atoms with van der Waals surface area (Å²) in [4.78, 5) is 23.7. The second-order valence-electron chi connectivity index (χ2n) is 3.41. The monoisotopic (exact) mass is 169 g/mol. The number of likely N-dealkylation sites (tertiary alicyclic amines) is 1. The van der Waals surface area contributed by atoms with Crippen LogP contribution in [0.25, 0.3) is 0 Å². The summed E-state index contributed by atoms with van der Waals surface area (Å²) in [7, 11) is 0. The Bertz CT molecular complexity index is 201. The van der Waals surface area contributed by atoms with Gasteiger partial charge in [0.15, 0.2) is 0 Å². The number of carbonyl (C=O) groups is 2. The minimum absolute atomic E-state index is 0.0961. The minimum Gasteiger partial charge on any atom is -0.340 e. The number of Topliss-reactive ketones (excluding diaryl/α,β-unsaturated/α-hetero) is 1. The standard InChI is InChI=1S/C9H15NO2/c1-7(11)6-9-4-3-5-10(9)8(2)12/h9H,3-6H2,1-2H3/t9-/m0/s1. The number of hydrogen-bond donors (Lipinski definition) is 0. The van der Waals surface area contributed by atoms with Crippen LogP contribution in [-0.4, -0.2) is 29.2 Å². The molecular formula is C9H15NO2. The van der Waals surface area contributed by atoms with Crippen LogP contribution in [-0.2, 0) is 9.59 Å². The van der Waals surface area contributed by atoms with Crippen LogP contribution in [0.15, 0.2) is 0 Å². The molecule has 68 valence electrons. The van der Waals surface area contributed by atoms with Crippen molar-refractivity contribution in [1.29, 1.82) is 0 Å². The summed E-state index contributed by atoms with van der Waals surface area (Å²) < 4.78 is 0. The molecule has 3 nitrogen and oxygen atoms in total. The number of rotatable bonds is 2. The fourth-order valence-electron chi connectivity index (χ4n) is 1.79. The van der Waals surface area contributed by atoms with Gasteiger partial charge in [0.1, 0.15) is 5.78 Å². The van der Waals surface area contributed by atoms with Crippen LogP contribution >= 0.6 is 0 Å². The van der Waals surface area contributed by atoms with E-state index in [1.54, 1.807) is 18.7 Å². The molecule has 0 saturated carbocycles. The highest BCUT2D eigenvalue weighted by atomic mass is 16.2. The zero-order valence-corrected chi connectivity index (χ0v) is 7.67. The number of amides is 1. The summed E-state index contributed by atoms with van der Waals surface area (Å²) in [5.41, 5.74) is 0. The van der Waals surface area contributed by atoms with E-state index in [0.29, 0.717) is 6.42 Å². The van der Waals surface area contributed by atoms with Crippen LogP contribution in [0.4, 0.5) is 0 Å². The molecule has 0 aromatic carbocycles. The quantitative estimate of drug-likeness (QED) is 0.618. The van der Waals surface area contributed by atoms with Gasteiger partial charge in [-0.3, -0.25) is 9.59 Å². The van der Waals surface area contributed by atoms with Crippen LogP contribution < -0.4 is 0 Å². The maximum Gasteiger partial charge on any atom is 0.219 e. The first kappa shape index (κ1) is 9.23. The van der Waals surface area contributed by atoms with Crippen LogP contribution in [0.5, 0.6) is 0 Å². The zero-order chi connectivity index (χ0) is 9.14. The van der Waals surface area contributed by atoms with Crippen molar-refractivity contribution in [3.63, 3.8) is 0 Å². The molecule has 3 heteroatoms. The molecule has 0 unspecified atom stereocenters. The Labute approximate surface area is 72.7 Å². The van der Waals surface area contributed by atoms with E-state index in [1.807, 2.05) is 0 Å². The van der Waals surface area contributed by atoms with Gasteiger partial charge in [0.2, 0.25) is 5.91 Å². The predicted molar refractivity (Wildman–Crippen MR) is 45.7 cm³/mol. The molecule has 1 aliphatic rings. The number of hydrogen-bond acceptors (Lipinski definition) is 2. The molecule has 1 saturated heterocycles. The van der Waals surface area contributed by atoms with Gasteiger partial charge in [0, 0.05) is 25.9 Å². The number of ketones is 1. The molecule has 0 spiro atoms. The van der Waals surface area contributed by atoms with Crippen molar-refractivity contribution in [3.8, 4) is 0 Å². The lowest BCUT2D eigenvalue weighted by Gasteiger charge is -2.21. The van der Waals surface area contributed by atoms with Gasteiger partial charge >= 0.3 is 0 Å². The average molecular weight is 169 g/mol. The van der Waals surface area contributed by atoms with Crippen LogP contribution in [0.2, 0.25) is 0 Å². The van der Waals surface area contributed by atoms with Crippen molar-refractivity contribution in [2.75, 3.05) is 6.54 Å². The van der Waals surface area contributed by atoms with Crippen LogP contribution in [0, 0.1) is 0 Å². The van der Waals surface area contributed by atoms with Gasteiger partial charge in [0.25, 0.3) is 0 Å². The lowest BCUT2D eigenvalue weighted by Crippen LogP contribution is -2.34. The van der Waals surface area contributed by atoms with Gasteiger partial charge in [-0.2, -0.15) is 0 Å². The summed E-state index contributed by atoms with van der Waals surface area (Å²) >= 11 is 0. The van der Waals surface area contributed by atoms with Gasteiger partial charge in [-0.1, -0.05) is 0 Å². The lowest BCUT2D eigenvalue weighted by molar-refractivity contribution is -0.130. The Morgan fingerprint density at radius 1 is 1.42 bits per heavy atom.